The average Bonchev–Trinajstić information content (AvgIpc) is 2.67. The van der Waals surface area contributed by atoms with Gasteiger partial charge >= 0.3 is 5.69 Å². The van der Waals surface area contributed by atoms with Crippen molar-refractivity contribution in [3.63, 3.8) is 0 Å². The number of nitro groups is 1. The van der Waals surface area contributed by atoms with Gasteiger partial charge in [0.2, 0.25) is 0 Å². The van der Waals surface area contributed by atoms with Crippen LogP contribution in [0.1, 0.15) is 0 Å². The van der Waals surface area contributed by atoms with E-state index in [1.807, 2.05) is 24.3 Å². The average molecular weight is 213 g/mol. The van der Waals surface area contributed by atoms with Crippen LogP contribution in [0.3, 0.4) is 0 Å². The van der Waals surface area contributed by atoms with Crippen LogP contribution in [0, 0.1) is 10.1 Å². The Hall–Kier alpha value is -2.43. The lowest BCUT2D eigenvalue weighted by Crippen LogP contribution is -1.89. The zero-order valence-corrected chi connectivity index (χ0v) is 8.18. The van der Waals surface area contributed by atoms with Crippen molar-refractivity contribution in [3.05, 3.63) is 46.8 Å². The van der Waals surface area contributed by atoms with Crippen molar-refractivity contribution < 1.29 is 4.92 Å². The number of hydrogen-bond donors (Lipinski definition) is 1. The SMILES string of the molecule is O=[N+]([O-])c1cncc2c1[nH]c1ccccc12. The summed E-state index contributed by atoms with van der Waals surface area (Å²) < 4.78 is 0. The number of pyridine rings is 1. The van der Waals surface area contributed by atoms with Gasteiger partial charge in [-0.2, -0.15) is 0 Å². The minimum Gasteiger partial charge on any atom is -0.349 e. The molecule has 2 heterocycles. The molecule has 0 aliphatic rings. The molecule has 16 heavy (non-hydrogen) atoms. The summed E-state index contributed by atoms with van der Waals surface area (Å²) in [6, 6.07) is 7.59. The van der Waals surface area contributed by atoms with Gasteiger partial charge in [0.15, 0.2) is 0 Å². The first-order valence-corrected chi connectivity index (χ1v) is 4.76. The molecule has 3 aromatic rings. The predicted octanol–water partition coefficient (Wildman–Crippen LogP) is 2.62. The molecule has 0 spiro atoms. The number of hydrogen-bond acceptors (Lipinski definition) is 3. The largest absolute Gasteiger partial charge is 0.349 e. The predicted molar refractivity (Wildman–Crippen MR) is 60.3 cm³/mol. The van der Waals surface area contributed by atoms with Crippen molar-refractivity contribution in [2.45, 2.75) is 0 Å². The van der Waals surface area contributed by atoms with Crippen LogP contribution >= 0.6 is 0 Å². The second-order valence-corrected chi connectivity index (χ2v) is 3.51. The fraction of sp³-hybridized carbons (Fsp3) is 0. The Morgan fingerprint density at radius 3 is 2.81 bits per heavy atom. The van der Waals surface area contributed by atoms with Crippen molar-refractivity contribution in [2.75, 3.05) is 0 Å². The Morgan fingerprint density at radius 2 is 2.00 bits per heavy atom. The molecule has 1 aromatic carbocycles. The van der Waals surface area contributed by atoms with Gasteiger partial charge in [-0.15, -0.1) is 0 Å². The number of nitrogens with one attached hydrogen (secondary N) is 1. The monoisotopic (exact) mass is 213 g/mol. The molecule has 0 bridgehead atoms. The summed E-state index contributed by atoms with van der Waals surface area (Å²) >= 11 is 0. The van der Waals surface area contributed by atoms with Crippen LogP contribution < -0.4 is 0 Å². The standard InChI is InChI=1S/C11H7N3O2/c15-14(16)10-6-12-5-8-7-3-1-2-4-9(7)13-11(8)10/h1-6,13H. The minimum atomic E-state index is -0.426. The van der Waals surface area contributed by atoms with Crippen molar-refractivity contribution in [3.8, 4) is 0 Å². The molecule has 0 atom stereocenters. The number of benzene rings is 1. The molecular formula is C11H7N3O2. The van der Waals surface area contributed by atoms with E-state index in [1.54, 1.807) is 6.20 Å². The van der Waals surface area contributed by atoms with E-state index >= 15 is 0 Å². The van der Waals surface area contributed by atoms with Crippen molar-refractivity contribution in [2.24, 2.45) is 0 Å². The zero-order chi connectivity index (χ0) is 11.1. The van der Waals surface area contributed by atoms with Gasteiger partial charge in [0.05, 0.1) is 4.92 Å². The third kappa shape index (κ3) is 1.08. The Morgan fingerprint density at radius 1 is 1.19 bits per heavy atom. The highest BCUT2D eigenvalue weighted by molar-refractivity contribution is 6.09. The molecule has 5 heteroatoms. The fourth-order valence-corrected chi connectivity index (χ4v) is 1.89. The van der Waals surface area contributed by atoms with Crippen LogP contribution in [-0.2, 0) is 0 Å². The maximum Gasteiger partial charge on any atom is 0.311 e. The normalized spacial score (nSPS) is 11.0. The molecule has 0 fully saturated rings. The molecule has 3 rings (SSSR count). The van der Waals surface area contributed by atoms with Crippen LogP contribution in [0.2, 0.25) is 0 Å². The topological polar surface area (TPSA) is 71.8 Å². The lowest BCUT2D eigenvalue weighted by molar-refractivity contribution is -0.383. The summed E-state index contributed by atoms with van der Waals surface area (Å²) in [5.74, 6) is 0. The molecule has 0 saturated heterocycles. The maximum atomic E-state index is 10.8. The van der Waals surface area contributed by atoms with Crippen LogP contribution in [0.4, 0.5) is 5.69 Å². The number of fused-ring (bicyclic) bond motifs is 3. The van der Waals surface area contributed by atoms with Gasteiger partial charge < -0.3 is 4.98 Å². The lowest BCUT2D eigenvalue weighted by Gasteiger charge is -1.92. The van der Waals surface area contributed by atoms with Crippen molar-refractivity contribution in [1.82, 2.24) is 9.97 Å². The number of rotatable bonds is 1. The molecular weight excluding hydrogens is 206 g/mol. The van der Waals surface area contributed by atoms with E-state index < -0.39 is 4.92 Å². The van der Waals surface area contributed by atoms with Crippen LogP contribution in [0.5, 0.6) is 0 Å². The van der Waals surface area contributed by atoms with Gasteiger partial charge in [0.1, 0.15) is 11.7 Å². The summed E-state index contributed by atoms with van der Waals surface area (Å²) in [5, 5.41) is 12.6. The molecule has 0 unspecified atom stereocenters. The first-order valence-electron chi connectivity index (χ1n) is 4.76. The van der Waals surface area contributed by atoms with Gasteiger partial charge in [0.25, 0.3) is 0 Å². The first kappa shape index (κ1) is 8.84. The molecule has 2 aromatic heterocycles. The summed E-state index contributed by atoms with van der Waals surface area (Å²) in [6.07, 6.45) is 2.90. The van der Waals surface area contributed by atoms with E-state index in [0.29, 0.717) is 5.52 Å². The van der Waals surface area contributed by atoms with E-state index in [9.17, 15) is 10.1 Å². The van der Waals surface area contributed by atoms with Crippen LogP contribution in [0.25, 0.3) is 21.8 Å². The van der Waals surface area contributed by atoms with E-state index in [4.69, 9.17) is 0 Å². The van der Waals surface area contributed by atoms with Gasteiger partial charge in [-0.25, -0.2) is 0 Å². The highest BCUT2D eigenvalue weighted by Gasteiger charge is 2.15. The molecule has 78 valence electrons. The molecule has 0 aliphatic carbocycles. The summed E-state index contributed by atoms with van der Waals surface area (Å²) in [5.41, 5.74) is 1.42. The smallest absolute Gasteiger partial charge is 0.311 e. The maximum absolute atomic E-state index is 10.8. The number of para-hydroxylation sites is 1. The van der Waals surface area contributed by atoms with Gasteiger partial charge in [-0.1, -0.05) is 18.2 Å². The van der Waals surface area contributed by atoms with E-state index in [0.717, 1.165) is 16.3 Å². The molecule has 0 aliphatic heterocycles. The van der Waals surface area contributed by atoms with Crippen LogP contribution in [-0.4, -0.2) is 14.9 Å². The minimum absolute atomic E-state index is 0.00806. The van der Waals surface area contributed by atoms with Crippen LogP contribution in [0.15, 0.2) is 36.7 Å². The summed E-state index contributed by atoms with van der Waals surface area (Å²) in [7, 11) is 0. The molecule has 0 saturated carbocycles. The Balaban J connectivity index is 2.54. The van der Waals surface area contributed by atoms with Gasteiger partial charge in [-0.05, 0) is 6.07 Å². The Labute approximate surface area is 89.9 Å². The number of nitrogens with zero attached hydrogens (tertiary/aromatic N) is 2. The highest BCUT2D eigenvalue weighted by Crippen LogP contribution is 2.29. The number of aromatic nitrogens is 2. The molecule has 0 radical (unpaired) electrons. The number of aromatic amines is 1. The fourth-order valence-electron chi connectivity index (χ4n) is 1.89. The third-order valence-corrected chi connectivity index (χ3v) is 2.60. The Bertz CT molecular complexity index is 703. The van der Waals surface area contributed by atoms with E-state index in [2.05, 4.69) is 9.97 Å². The van der Waals surface area contributed by atoms with Gasteiger partial charge in [-0.3, -0.25) is 15.1 Å². The quantitative estimate of drug-likeness (QED) is 0.498. The Kier molecular flexibility index (Phi) is 1.67. The second kappa shape index (κ2) is 3.03. The van der Waals surface area contributed by atoms with Gasteiger partial charge in [0, 0.05) is 22.5 Å². The van der Waals surface area contributed by atoms with E-state index in [-0.39, 0.29) is 5.69 Å². The molecule has 1 N–H and O–H groups in total. The molecule has 0 amide bonds. The number of H-pyrrole nitrogens is 1. The van der Waals surface area contributed by atoms with E-state index in [1.165, 1.54) is 6.20 Å². The van der Waals surface area contributed by atoms with Crippen molar-refractivity contribution in [1.29, 1.82) is 0 Å². The lowest BCUT2D eigenvalue weighted by atomic mass is 10.2. The highest BCUT2D eigenvalue weighted by atomic mass is 16.6. The summed E-state index contributed by atoms with van der Waals surface area (Å²) in [4.78, 5) is 17.4. The first-order chi connectivity index (χ1) is 7.77. The second-order valence-electron chi connectivity index (χ2n) is 3.51. The summed E-state index contributed by atoms with van der Waals surface area (Å²) in [6.45, 7) is 0. The zero-order valence-electron chi connectivity index (χ0n) is 8.18. The van der Waals surface area contributed by atoms with Crippen molar-refractivity contribution >= 4 is 27.5 Å². The molecule has 5 nitrogen and oxygen atoms in total. The third-order valence-electron chi connectivity index (χ3n) is 2.60.